The van der Waals surface area contributed by atoms with E-state index >= 15 is 0 Å². The van der Waals surface area contributed by atoms with Gasteiger partial charge >= 0.3 is 0 Å². The van der Waals surface area contributed by atoms with Gasteiger partial charge < -0.3 is 4.90 Å². The number of piperidine rings is 1. The standard InChI is InChI=1S/C11H20N2O.C2H6/c1-13-8-6-11(7-9-13)4-2-10(12-14)3-5-11;1-2/h10H,2-9H2,1H3;1-2H3. The SMILES string of the molecule is CC.CN1CCC2(CCC(N=O)CC2)CC1. The topological polar surface area (TPSA) is 32.7 Å². The molecule has 1 saturated carbocycles. The van der Waals surface area contributed by atoms with Gasteiger partial charge in [-0.15, -0.1) is 0 Å². The van der Waals surface area contributed by atoms with E-state index in [4.69, 9.17) is 0 Å². The second kappa shape index (κ2) is 6.33. The molecule has 1 aliphatic heterocycles. The second-order valence-electron chi connectivity index (χ2n) is 5.14. The van der Waals surface area contributed by atoms with Gasteiger partial charge in [0, 0.05) is 0 Å². The molecule has 0 aromatic heterocycles. The number of rotatable bonds is 1. The van der Waals surface area contributed by atoms with E-state index in [-0.39, 0.29) is 6.04 Å². The van der Waals surface area contributed by atoms with Gasteiger partial charge in [0.2, 0.25) is 0 Å². The number of likely N-dealkylation sites (tertiary alicyclic amines) is 1. The maximum Gasteiger partial charge on any atom is 0.0920 e. The average molecular weight is 226 g/mol. The molecule has 2 rings (SSSR count). The summed E-state index contributed by atoms with van der Waals surface area (Å²) in [5, 5.41) is 3.18. The van der Waals surface area contributed by atoms with E-state index in [1.165, 1.54) is 38.8 Å². The molecule has 0 bridgehead atoms. The van der Waals surface area contributed by atoms with E-state index in [0.29, 0.717) is 5.41 Å². The molecule has 0 N–H and O–H groups in total. The maximum absolute atomic E-state index is 10.4. The van der Waals surface area contributed by atoms with Crippen molar-refractivity contribution < 1.29 is 0 Å². The molecular weight excluding hydrogens is 200 g/mol. The van der Waals surface area contributed by atoms with Crippen LogP contribution in [-0.4, -0.2) is 31.1 Å². The van der Waals surface area contributed by atoms with Gasteiger partial charge in [0.15, 0.2) is 0 Å². The zero-order valence-electron chi connectivity index (χ0n) is 11.0. The van der Waals surface area contributed by atoms with E-state index in [2.05, 4.69) is 17.1 Å². The minimum absolute atomic E-state index is 0.125. The number of nitroso groups, excluding NO2 is 1. The molecular formula is C13H26N2O. The summed E-state index contributed by atoms with van der Waals surface area (Å²) in [6.45, 7) is 6.47. The van der Waals surface area contributed by atoms with E-state index in [9.17, 15) is 4.91 Å². The zero-order valence-corrected chi connectivity index (χ0v) is 11.0. The Labute approximate surface area is 99.6 Å². The molecule has 3 nitrogen and oxygen atoms in total. The Morgan fingerprint density at radius 3 is 2.00 bits per heavy atom. The van der Waals surface area contributed by atoms with Crippen LogP contribution in [0.2, 0.25) is 0 Å². The minimum atomic E-state index is 0.125. The van der Waals surface area contributed by atoms with Crippen molar-refractivity contribution in [1.82, 2.24) is 4.90 Å². The van der Waals surface area contributed by atoms with Crippen LogP contribution in [0.1, 0.15) is 52.4 Å². The van der Waals surface area contributed by atoms with Crippen LogP contribution in [0.5, 0.6) is 0 Å². The Hall–Kier alpha value is -0.440. The Morgan fingerprint density at radius 1 is 1.06 bits per heavy atom. The quantitative estimate of drug-likeness (QED) is 0.642. The van der Waals surface area contributed by atoms with Crippen LogP contribution >= 0.6 is 0 Å². The third-order valence-electron chi connectivity index (χ3n) is 4.21. The second-order valence-corrected chi connectivity index (χ2v) is 5.14. The molecule has 1 aliphatic carbocycles. The van der Waals surface area contributed by atoms with Crippen molar-refractivity contribution in [2.24, 2.45) is 10.6 Å². The summed E-state index contributed by atoms with van der Waals surface area (Å²) in [5.74, 6) is 0. The molecule has 3 heteroatoms. The van der Waals surface area contributed by atoms with Gasteiger partial charge in [-0.05, 0) is 64.1 Å². The van der Waals surface area contributed by atoms with E-state index in [0.717, 1.165) is 12.8 Å². The molecule has 94 valence electrons. The van der Waals surface area contributed by atoms with Crippen LogP contribution in [0.25, 0.3) is 0 Å². The summed E-state index contributed by atoms with van der Waals surface area (Å²) in [6, 6.07) is 0.125. The molecule has 1 spiro atoms. The third-order valence-corrected chi connectivity index (χ3v) is 4.21. The van der Waals surface area contributed by atoms with Gasteiger partial charge in [-0.3, -0.25) is 0 Å². The predicted molar refractivity (Wildman–Crippen MR) is 68.6 cm³/mol. The van der Waals surface area contributed by atoms with Crippen molar-refractivity contribution >= 4 is 0 Å². The summed E-state index contributed by atoms with van der Waals surface area (Å²) in [5.41, 5.74) is 0.577. The molecule has 1 saturated heterocycles. The van der Waals surface area contributed by atoms with Crippen molar-refractivity contribution in [3.8, 4) is 0 Å². The highest BCUT2D eigenvalue weighted by molar-refractivity contribution is 4.91. The largest absolute Gasteiger partial charge is 0.306 e. The van der Waals surface area contributed by atoms with Crippen molar-refractivity contribution in [1.29, 1.82) is 0 Å². The summed E-state index contributed by atoms with van der Waals surface area (Å²) in [4.78, 5) is 12.8. The lowest BCUT2D eigenvalue weighted by Crippen LogP contribution is -2.40. The molecule has 2 fully saturated rings. The first-order valence-electron chi connectivity index (χ1n) is 6.75. The Kier molecular flexibility index (Phi) is 5.39. The molecule has 0 amide bonds. The molecule has 0 atom stereocenters. The van der Waals surface area contributed by atoms with Gasteiger partial charge in [0.25, 0.3) is 0 Å². The van der Waals surface area contributed by atoms with Gasteiger partial charge in [-0.1, -0.05) is 19.0 Å². The molecule has 0 aromatic rings. The highest BCUT2D eigenvalue weighted by Crippen LogP contribution is 2.44. The lowest BCUT2D eigenvalue weighted by atomic mass is 9.67. The van der Waals surface area contributed by atoms with Crippen molar-refractivity contribution in [2.75, 3.05) is 20.1 Å². The van der Waals surface area contributed by atoms with Crippen LogP contribution in [0.15, 0.2) is 5.18 Å². The predicted octanol–water partition coefficient (Wildman–Crippen LogP) is 3.43. The molecule has 2 aliphatic rings. The Bertz CT molecular complexity index is 200. The van der Waals surface area contributed by atoms with Crippen LogP contribution in [0.4, 0.5) is 0 Å². The highest BCUT2D eigenvalue weighted by Gasteiger charge is 2.37. The first-order valence-corrected chi connectivity index (χ1v) is 6.75. The van der Waals surface area contributed by atoms with Crippen LogP contribution in [-0.2, 0) is 0 Å². The fraction of sp³-hybridized carbons (Fsp3) is 1.00. The molecule has 0 radical (unpaired) electrons. The normalized spacial score (nSPS) is 25.9. The number of nitrogens with zero attached hydrogens (tertiary/aromatic N) is 2. The van der Waals surface area contributed by atoms with Gasteiger partial charge in [0.1, 0.15) is 0 Å². The Morgan fingerprint density at radius 2 is 1.56 bits per heavy atom. The highest BCUT2D eigenvalue weighted by atomic mass is 16.3. The first-order chi connectivity index (χ1) is 7.74. The summed E-state index contributed by atoms with van der Waals surface area (Å²) >= 11 is 0. The maximum atomic E-state index is 10.4. The van der Waals surface area contributed by atoms with Gasteiger partial charge in [-0.25, -0.2) is 0 Å². The number of hydrogen-bond donors (Lipinski definition) is 0. The minimum Gasteiger partial charge on any atom is -0.306 e. The lowest BCUT2D eigenvalue weighted by Gasteiger charge is -2.44. The van der Waals surface area contributed by atoms with Crippen molar-refractivity contribution in [2.45, 2.75) is 58.4 Å². The summed E-state index contributed by atoms with van der Waals surface area (Å²) in [7, 11) is 2.20. The molecule has 0 aromatic carbocycles. The first kappa shape index (κ1) is 13.6. The lowest BCUT2D eigenvalue weighted by molar-refractivity contribution is 0.0750. The van der Waals surface area contributed by atoms with Crippen LogP contribution in [0, 0.1) is 10.3 Å². The van der Waals surface area contributed by atoms with Crippen molar-refractivity contribution in [3.63, 3.8) is 0 Å². The summed E-state index contributed by atoms with van der Waals surface area (Å²) < 4.78 is 0. The fourth-order valence-corrected chi connectivity index (χ4v) is 2.91. The van der Waals surface area contributed by atoms with Crippen molar-refractivity contribution in [3.05, 3.63) is 4.91 Å². The van der Waals surface area contributed by atoms with E-state index in [1.54, 1.807) is 0 Å². The molecule has 16 heavy (non-hydrogen) atoms. The van der Waals surface area contributed by atoms with Crippen LogP contribution < -0.4 is 0 Å². The third kappa shape index (κ3) is 3.27. The smallest absolute Gasteiger partial charge is 0.0920 e. The molecule has 0 unspecified atom stereocenters. The zero-order chi connectivity index (χ0) is 12.0. The molecule has 1 heterocycles. The van der Waals surface area contributed by atoms with Crippen LogP contribution in [0.3, 0.4) is 0 Å². The van der Waals surface area contributed by atoms with E-state index in [1.807, 2.05) is 13.8 Å². The van der Waals surface area contributed by atoms with Gasteiger partial charge in [0.05, 0.1) is 6.04 Å². The fourth-order valence-electron chi connectivity index (χ4n) is 2.91. The van der Waals surface area contributed by atoms with E-state index < -0.39 is 0 Å². The monoisotopic (exact) mass is 226 g/mol. The number of hydrogen-bond acceptors (Lipinski definition) is 3. The Balaban J connectivity index is 0.000000606. The summed E-state index contributed by atoms with van der Waals surface area (Å²) in [6.07, 6.45) is 7.19. The van der Waals surface area contributed by atoms with Gasteiger partial charge in [-0.2, -0.15) is 4.91 Å². The average Bonchev–Trinajstić information content (AvgIpc) is 2.37.